The van der Waals surface area contributed by atoms with E-state index in [0.717, 1.165) is 48.5 Å². The number of fused-ring (bicyclic) bond motifs is 2. The number of piperazine rings is 1. The summed E-state index contributed by atoms with van der Waals surface area (Å²) in [6.07, 6.45) is 8.00. The minimum Gasteiger partial charge on any atom is -0.444 e. The van der Waals surface area contributed by atoms with E-state index in [4.69, 9.17) is 21.3 Å². The van der Waals surface area contributed by atoms with Crippen LogP contribution in [0.5, 0.6) is 0 Å². The second-order valence-electron chi connectivity index (χ2n) is 13.8. The smallest absolute Gasteiger partial charge is 0.411 e. The lowest BCUT2D eigenvalue weighted by Gasteiger charge is -2.45. The molecule has 1 aromatic carbocycles. The molecule has 2 amide bonds. The molecule has 0 spiro atoms. The van der Waals surface area contributed by atoms with Gasteiger partial charge in [0, 0.05) is 69.3 Å². The molecule has 2 atom stereocenters. The molecule has 45 heavy (non-hydrogen) atoms. The fourth-order valence-corrected chi connectivity index (χ4v) is 6.88. The van der Waals surface area contributed by atoms with Crippen molar-refractivity contribution in [2.24, 2.45) is 13.0 Å². The van der Waals surface area contributed by atoms with E-state index >= 15 is 0 Å². The van der Waals surface area contributed by atoms with E-state index < -0.39 is 17.7 Å². The third-order valence-electron chi connectivity index (χ3n) is 9.38. The quantitative estimate of drug-likeness (QED) is 0.348. The Kier molecular flexibility index (Phi) is 8.94. The Morgan fingerprint density at radius 3 is 2.58 bits per heavy atom. The Morgan fingerprint density at radius 2 is 1.87 bits per heavy atom. The van der Waals surface area contributed by atoms with Crippen molar-refractivity contribution >= 4 is 23.6 Å². The molecule has 2 aromatic heterocycles. The summed E-state index contributed by atoms with van der Waals surface area (Å²) in [6.45, 7) is 10.2. The summed E-state index contributed by atoms with van der Waals surface area (Å²) in [7, 11) is 2.01. The van der Waals surface area contributed by atoms with Crippen LogP contribution in [-0.4, -0.2) is 85.6 Å². The summed E-state index contributed by atoms with van der Waals surface area (Å²) in [5.41, 5.74) is 4.99. The van der Waals surface area contributed by atoms with Crippen LogP contribution in [0.4, 0.5) is 4.79 Å². The molecule has 2 aliphatic carbocycles. The molecule has 0 unspecified atom stereocenters. The van der Waals surface area contributed by atoms with Crippen LogP contribution < -0.4 is 0 Å². The fraction of sp³-hybridized carbons (Fsp3) is 0.543. The molecule has 9 nitrogen and oxygen atoms in total. The third kappa shape index (κ3) is 7.04. The predicted octanol–water partition coefficient (Wildman–Crippen LogP) is 5.37. The standard InChI is InChI=1S/C35H45ClN6O3/c1-23-38-20-28(39(23)5)14-16-41(21-24-8-9-24)33(43)30-22-40(17-18-42(30)34(44)45-35(2,3)4)32-29-13-12-27(36)19-26(29)11-10-25-7-6-15-37-31(25)32/h6-7,12-13,15,19-20,24,30,32H,8-11,14,16-18,21-22H2,1-5H3/t30-,32+/m1/s1. The molecule has 0 bridgehead atoms. The van der Waals surface area contributed by atoms with Gasteiger partial charge in [-0.15, -0.1) is 0 Å². The van der Waals surface area contributed by atoms with Gasteiger partial charge >= 0.3 is 6.09 Å². The average Bonchev–Trinajstić information content (AvgIpc) is 3.79. The van der Waals surface area contributed by atoms with Crippen molar-refractivity contribution in [3.05, 3.63) is 81.7 Å². The Morgan fingerprint density at radius 1 is 1.09 bits per heavy atom. The minimum absolute atomic E-state index is 0.0254. The van der Waals surface area contributed by atoms with E-state index in [-0.39, 0.29) is 11.9 Å². The summed E-state index contributed by atoms with van der Waals surface area (Å²) in [5.74, 6) is 1.43. The van der Waals surface area contributed by atoms with Gasteiger partial charge in [-0.2, -0.15) is 0 Å². The number of hydrogen-bond donors (Lipinski definition) is 0. The van der Waals surface area contributed by atoms with E-state index in [9.17, 15) is 9.59 Å². The first-order valence-corrected chi connectivity index (χ1v) is 16.6. The first-order chi connectivity index (χ1) is 21.5. The van der Waals surface area contributed by atoms with E-state index in [1.165, 1.54) is 11.1 Å². The maximum atomic E-state index is 14.7. The van der Waals surface area contributed by atoms with Gasteiger partial charge in [-0.25, -0.2) is 9.78 Å². The number of amides is 2. The molecule has 3 heterocycles. The van der Waals surface area contributed by atoms with Crippen molar-refractivity contribution < 1.29 is 14.3 Å². The van der Waals surface area contributed by atoms with Crippen LogP contribution in [0.25, 0.3) is 0 Å². The Bertz CT molecular complexity index is 1560. The third-order valence-corrected chi connectivity index (χ3v) is 9.62. The highest BCUT2D eigenvalue weighted by atomic mass is 35.5. The zero-order valence-electron chi connectivity index (χ0n) is 27.1. The van der Waals surface area contributed by atoms with Gasteiger partial charge in [0.1, 0.15) is 17.5 Å². The van der Waals surface area contributed by atoms with E-state index in [1.54, 1.807) is 4.90 Å². The highest BCUT2D eigenvalue weighted by Gasteiger charge is 2.43. The van der Waals surface area contributed by atoms with Gasteiger partial charge in [0.25, 0.3) is 0 Å². The number of carbonyl (C=O) groups excluding carboxylic acids is 2. The zero-order chi connectivity index (χ0) is 31.9. The van der Waals surface area contributed by atoms with E-state index in [2.05, 4.69) is 32.7 Å². The number of halogens is 1. The monoisotopic (exact) mass is 632 g/mol. The maximum absolute atomic E-state index is 14.7. The first kappa shape index (κ1) is 31.5. The van der Waals surface area contributed by atoms with Crippen LogP contribution in [-0.2, 0) is 35.8 Å². The normalized spacial score (nSPS) is 20.3. The number of pyridine rings is 1. The lowest BCUT2D eigenvalue weighted by molar-refractivity contribution is -0.140. The molecule has 1 saturated heterocycles. The zero-order valence-corrected chi connectivity index (χ0v) is 27.9. The van der Waals surface area contributed by atoms with Crippen molar-refractivity contribution in [1.29, 1.82) is 0 Å². The average molecular weight is 633 g/mol. The topological polar surface area (TPSA) is 83.8 Å². The number of imidazole rings is 1. The lowest BCUT2D eigenvalue weighted by atomic mass is 9.95. The molecule has 6 rings (SSSR count). The number of ether oxygens (including phenoxy) is 1. The van der Waals surface area contributed by atoms with Crippen LogP contribution >= 0.6 is 11.6 Å². The predicted molar refractivity (Wildman–Crippen MR) is 174 cm³/mol. The van der Waals surface area contributed by atoms with Crippen molar-refractivity contribution in [2.75, 3.05) is 32.7 Å². The Labute approximate surface area is 271 Å². The molecule has 1 saturated carbocycles. The van der Waals surface area contributed by atoms with Gasteiger partial charge in [0.2, 0.25) is 5.91 Å². The summed E-state index contributed by atoms with van der Waals surface area (Å²) in [6, 6.07) is 9.42. The molecule has 0 N–H and O–H groups in total. The second kappa shape index (κ2) is 12.8. The van der Waals surface area contributed by atoms with Crippen LogP contribution in [0, 0.1) is 12.8 Å². The van der Waals surface area contributed by atoms with Gasteiger partial charge in [0.15, 0.2) is 0 Å². The number of rotatable bonds is 7. The molecule has 0 radical (unpaired) electrons. The highest BCUT2D eigenvalue weighted by Crippen LogP contribution is 2.38. The number of nitrogens with zero attached hydrogens (tertiary/aromatic N) is 6. The molecular formula is C35H45ClN6O3. The van der Waals surface area contributed by atoms with Crippen LogP contribution in [0.15, 0.2) is 42.7 Å². The Hall–Kier alpha value is -3.43. The molecule has 3 aromatic rings. The first-order valence-electron chi connectivity index (χ1n) is 16.2. The highest BCUT2D eigenvalue weighted by molar-refractivity contribution is 6.30. The summed E-state index contributed by atoms with van der Waals surface area (Å²) in [5, 5.41) is 0.716. The maximum Gasteiger partial charge on any atom is 0.411 e. The van der Waals surface area contributed by atoms with Crippen molar-refractivity contribution in [3.63, 3.8) is 0 Å². The number of carbonyl (C=O) groups is 2. The van der Waals surface area contributed by atoms with Crippen molar-refractivity contribution in [2.45, 2.75) is 77.5 Å². The number of aryl methyl sites for hydroxylation is 3. The molecule has 3 aliphatic rings. The molecular weight excluding hydrogens is 588 g/mol. The van der Waals surface area contributed by atoms with Gasteiger partial charge in [0.05, 0.1) is 11.7 Å². The van der Waals surface area contributed by atoms with Crippen LogP contribution in [0.3, 0.4) is 0 Å². The lowest BCUT2D eigenvalue weighted by Crippen LogP contribution is -2.62. The molecule has 2 fully saturated rings. The second-order valence-corrected chi connectivity index (χ2v) is 14.2. The number of benzene rings is 1. The number of aromatic nitrogens is 3. The molecule has 240 valence electrons. The summed E-state index contributed by atoms with van der Waals surface area (Å²) < 4.78 is 7.94. The largest absolute Gasteiger partial charge is 0.444 e. The van der Waals surface area contributed by atoms with E-state index in [1.807, 2.05) is 64.2 Å². The van der Waals surface area contributed by atoms with Gasteiger partial charge in [-0.1, -0.05) is 23.7 Å². The minimum atomic E-state index is -0.688. The molecule has 10 heteroatoms. The van der Waals surface area contributed by atoms with Crippen molar-refractivity contribution in [3.8, 4) is 0 Å². The molecule has 1 aliphatic heterocycles. The van der Waals surface area contributed by atoms with E-state index in [0.29, 0.717) is 50.1 Å². The summed E-state index contributed by atoms with van der Waals surface area (Å²) >= 11 is 6.47. The Balaban J connectivity index is 1.34. The SMILES string of the molecule is Cc1ncc(CCN(CC2CC2)C(=O)[C@H]2CN([C@H]3c4ccc(Cl)cc4CCc4cccnc43)CCN2C(=O)OC(C)(C)C)n1C. The van der Waals surface area contributed by atoms with Crippen LogP contribution in [0.1, 0.15) is 73.6 Å². The van der Waals surface area contributed by atoms with Crippen molar-refractivity contribution in [1.82, 2.24) is 29.2 Å². The van der Waals surface area contributed by atoms with Gasteiger partial charge in [-0.05, 0) is 94.2 Å². The summed E-state index contributed by atoms with van der Waals surface area (Å²) in [4.78, 5) is 43.7. The number of hydrogen-bond acceptors (Lipinski definition) is 6. The van der Waals surface area contributed by atoms with Gasteiger partial charge in [-0.3, -0.25) is 19.6 Å². The van der Waals surface area contributed by atoms with Gasteiger partial charge < -0.3 is 14.2 Å². The van der Waals surface area contributed by atoms with Crippen LogP contribution in [0.2, 0.25) is 5.02 Å². The fourth-order valence-electron chi connectivity index (χ4n) is 6.69.